The van der Waals surface area contributed by atoms with Crippen LogP contribution in [0.4, 0.5) is 4.39 Å². The van der Waals surface area contributed by atoms with E-state index in [0.717, 1.165) is 5.76 Å². The van der Waals surface area contributed by atoms with E-state index in [9.17, 15) is 9.18 Å². The van der Waals surface area contributed by atoms with Crippen LogP contribution in [0, 0.1) is 5.82 Å². The summed E-state index contributed by atoms with van der Waals surface area (Å²) in [5, 5.41) is 8.95. The second kappa shape index (κ2) is 7.63. The van der Waals surface area contributed by atoms with Gasteiger partial charge < -0.3 is 8.83 Å². The van der Waals surface area contributed by atoms with Crippen LogP contribution in [0.5, 0.6) is 0 Å². The van der Waals surface area contributed by atoms with Gasteiger partial charge in [-0.15, -0.1) is 10.2 Å². The summed E-state index contributed by atoms with van der Waals surface area (Å²) in [6, 6.07) is 12.7. The second-order valence-corrected chi connectivity index (χ2v) is 6.61. The summed E-state index contributed by atoms with van der Waals surface area (Å²) in [4.78, 5) is 12.4. The van der Waals surface area contributed by atoms with Crippen molar-refractivity contribution < 1.29 is 18.0 Å². The summed E-state index contributed by atoms with van der Waals surface area (Å²) in [6.07, 6.45) is 3.16. The van der Waals surface area contributed by atoms with Crippen LogP contribution >= 0.6 is 11.8 Å². The molecule has 0 amide bonds. The standard InChI is InChI=1S/C19H14FN3O3S/c20-14-7-5-13(6-8-14)16(24)12-27-19-22-21-18(17-4-2-10-26-17)23(19)11-15-3-1-9-25-15/h1-10H,11-12H2. The van der Waals surface area contributed by atoms with E-state index in [4.69, 9.17) is 8.83 Å². The van der Waals surface area contributed by atoms with Gasteiger partial charge in [-0.25, -0.2) is 4.39 Å². The maximum atomic E-state index is 13.0. The Morgan fingerprint density at radius 2 is 1.81 bits per heavy atom. The number of ketones is 1. The van der Waals surface area contributed by atoms with Gasteiger partial charge in [-0.2, -0.15) is 0 Å². The average molecular weight is 383 g/mol. The molecule has 4 aromatic rings. The largest absolute Gasteiger partial charge is 0.467 e. The van der Waals surface area contributed by atoms with Gasteiger partial charge in [0.05, 0.1) is 24.8 Å². The number of carbonyl (C=O) groups excluding carboxylic acids is 1. The molecule has 3 aromatic heterocycles. The van der Waals surface area contributed by atoms with E-state index in [1.54, 1.807) is 30.7 Å². The lowest BCUT2D eigenvalue weighted by atomic mass is 10.1. The zero-order chi connectivity index (χ0) is 18.6. The molecule has 0 aliphatic rings. The monoisotopic (exact) mass is 383 g/mol. The van der Waals surface area contributed by atoms with E-state index in [1.165, 1.54) is 36.0 Å². The van der Waals surface area contributed by atoms with Crippen LogP contribution in [0.15, 0.2) is 75.0 Å². The minimum absolute atomic E-state index is 0.118. The van der Waals surface area contributed by atoms with E-state index in [0.29, 0.717) is 28.8 Å². The van der Waals surface area contributed by atoms with Gasteiger partial charge in [-0.05, 0) is 48.5 Å². The number of hydrogen-bond acceptors (Lipinski definition) is 6. The van der Waals surface area contributed by atoms with Crippen molar-refractivity contribution in [2.75, 3.05) is 5.75 Å². The van der Waals surface area contributed by atoms with Crippen molar-refractivity contribution in [3.8, 4) is 11.6 Å². The fourth-order valence-electron chi connectivity index (χ4n) is 2.53. The van der Waals surface area contributed by atoms with Crippen LogP contribution in [0.1, 0.15) is 16.1 Å². The highest BCUT2D eigenvalue weighted by Gasteiger charge is 2.19. The summed E-state index contributed by atoms with van der Waals surface area (Å²) < 4.78 is 25.7. The lowest BCUT2D eigenvalue weighted by Crippen LogP contribution is -2.06. The molecule has 0 fully saturated rings. The van der Waals surface area contributed by atoms with Crippen LogP contribution in [0.3, 0.4) is 0 Å². The first kappa shape index (κ1) is 17.3. The molecule has 136 valence electrons. The van der Waals surface area contributed by atoms with Gasteiger partial charge in [0.1, 0.15) is 11.6 Å². The van der Waals surface area contributed by atoms with Crippen LogP contribution in [-0.2, 0) is 6.54 Å². The zero-order valence-electron chi connectivity index (χ0n) is 14.0. The smallest absolute Gasteiger partial charge is 0.200 e. The first-order valence-corrected chi connectivity index (χ1v) is 9.10. The average Bonchev–Trinajstić information content (AvgIpc) is 3.43. The Labute approximate surface area is 158 Å². The summed E-state index contributed by atoms with van der Waals surface area (Å²) in [7, 11) is 0. The Morgan fingerprint density at radius 1 is 1.04 bits per heavy atom. The van der Waals surface area contributed by atoms with Gasteiger partial charge in [0.2, 0.25) is 5.82 Å². The van der Waals surface area contributed by atoms with E-state index in [1.807, 2.05) is 10.6 Å². The molecule has 27 heavy (non-hydrogen) atoms. The molecule has 0 saturated heterocycles. The van der Waals surface area contributed by atoms with E-state index in [2.05, 4.69) is 10.2 Å². The number of carbonyl (C=O) groups is 1. The Balaban J connectivity index is 1.56. The second-order valence-electron chi connectivity index (χ2n) is 5.67. The number of hydrogen-bond donors (Lipinski definition) is 0. The highest BCUT2D eigenvalue weighted by atomic mass is 32.2. The molecule has 0 radical (unpaired) electrons. The predicted molar refractivity (Wildman–Crippen MR) is 97.0 cm³/mol. The van der Waals surface area contributed by atoms with E-state index < -0.39 is 0 Å². The molecular weight excluding hydrogens is 369 g/mol. The first-order valence-electron chi connectivity index (χ1n) is 8.12. The molecule has 6 nitrogen and oxygen atoms in total. The van der Waals surface area contributed by atoms with Gasteiger partial charge >= 0.3 is 0 Å². The van der Waals surface area contributed by atoms with Gasteiger partial charge in [0.25, 0.3) is 0 Å². The third-order valence-corrected chi connectivity index (χ3v) is 4.82. The number of aromatic nitrogens is 3. The van der Waals surface area contributed by atoms with Gasteiger partial charge in [0.15, 0.2) is 16.7 Å². The summed E-state index contributed by atoms with van der Waals surface area (Å²) in [6.45, 7) is 0.406. The molecule has 0 spiro atoms. The molecule has 1 aromatic carbocycles. The van der Waals surface area contributed by atoms with Crippen LogP contribution in [0.25, 0.3) is 11.6 Å². The minimum atomic E-state index is -0.375. The molecule has 4 rings (SSSR count). The highest BCUT2D eigenvalue weighted by molar-refractivity contribution is 7.99. The lowest BCUT2D eigenvalue weighted by molar-refractivity contribution is 0.102. The number of rotatable bonds is 7. The Hall–Kier alpha value is -3.13. The topological polar surface area (TPSA) is 74.1 Å². The van der Waals surface area contributed by atoms with Crippen LogP contribution < -0.4 is 0 Å². The number of benzene rings is 1. The number of furan rings is 2. The van der Waals surface area contributed by atoms with Gasteiger partial charge in [-0.3, -0.25) is 9.36 Å². The van der Waals surface area contributed by atoms with Crippen molar-refractivity contribution in [3.63, 3.8) is 0 Å². The van der Waals surface area contributed by atoms with Crippen molar-refractivity contribution in [2.24, 2.45) is 0 Å². The normalized spacial score (nSPS) is 11.0. The third-order valence-electron chi connectivity index (χ3n) is 3.85. The van der Waals surface area contributed by atoms with Crippen molar-refractivity contribution >= 4 is 17.5 Å². The summed E-state index contributed by atoms with van der Waals surface area (Å²) in [5.41, 5.74) is 0.451. The molecule has 8 heteroatoms. The lowest BCUT2D eigenvalue weighted by Gasteiger charge is -2.07. The number of Topliss-reactive ketones (excluding diaryl/α,β-unsaturated/α-hetero) is 1. The molecule has 0 atom stereocenters. The summed E-state index contributed by atoms with van der Waals surface area (Å²) in [5.74, 6) is 1.51. The maximum absolute atomic E-state index is 13.0. The minimum Gasteiger partial charge on any atom is -0.467 e. The van der Waals surface area contributed by atoms with Crippen molar-refractivity contribution in [1.82, 2.24) is 14.8 Å². The molecule has 0 bridgehead atoms. The molecular formula is C19H14FN3O3S. The Kier molecular flexibility index (Phi) is 4.88. The van der Waals surface area contributed by atoms with Gasteiger partial charge in [0, 0.05) is 5.56 Å². The first-order chi connectivity index (χ1) is 13.2. The quantitative estimate of drug-likeness (QED) is 0.350. The molecule has 0 N–H and O–H groups in total. The Morgan fingerprint density at radius 3 is 2.52 bits per heavy atom. The highest BCUT2D eigenvalue weighted by Crippen LogP contribution is 2.26. The Bertz CT molecular complexity index is 1030. The fourth-order valence-corrected chi connectivity index (χ4v) is 3.37. The van der Waals surface area contributed by atoms with Crippen LogP contribution in [0.2, 0.25) is 0 Å². The number of halogens is 1. The zero-order valence-corrected chi connectivity index (χ0v) is 14.9. The molecule has 0 unspecified atom stereocenters. The maximum Gasteiger partial charge on any atom is 0.200 e. The number of nitrogens with zero attached hydrogens (tertiary/aromatic N) is 3. The molecule has 0 saturated carbocycles. The van der Waals surface area contributed by atoms with Gasteiger partial charge in [-0.1, -0.05) is 11.8 Å². The molecule has 3 heterocycles. The summed E-state index contributed by atoms with van der Waals surface area (Å²) >= 11 is 1.26. The van der Waals surface area contributed by atoms with Crippen molar-refractivity contribution in [1.29, 1.82) is 0 Å². The third kappa shape index (κ3) is 3.85. The predicted octanol–water partition coefficient (Wildman–Crippen LogP) is 4.29. The number of thioether (sulfide) groups is 1. The van der Waals surface area contributed by atoms with Crippen LogP contribution in [-0.4, -0.2) is 26.3 Å². The van der Waals surface area contributed by atoms with Crippen molar-refractivity contribution in [2.45, 2.75) is 11.7 Å². The fraction of sp³-hybridized carbons (Fsp3) is 0.105. The van der Waals surface area contributed by atoms with E-state index in [-0.39, 0.29) is 17.4 Å². The van der Waals surface area contributed by atoms with Crippen molar-refractivity contribution in [3.05, 3.63) is 78.2 Å². The molecule has 0 aliphatic heterocycles. The SMILES string of the molecule is O=C(CSc1nnc(-c2ccco2)n1Cc1ccco1)c1ccc(F)cc1. The molecule has 0 aliphatic carbocycles. The van der Waals surface area contributed by atoms with E-state index >= 15 is 0 Å².